The third-order valence-electron chi connectivity index (χ3n) is 2.54. The van der Waals surface area contributed by atoms with Gasteiger partial charge in [0.15, 0.2) is 11.3 Å². The quantitative estimate of drug-likeness (QED) is 0.642. The van der Waals surface area contributed by atoms with Crippen molar-refractivity contribution in [2.45, 2.75) is 0 Å². The Bertz CT molecular complexity index is 797. The molecule has 0 unspecified atom stereocenters. The number of phenolic OH excluding ortho intramolecular Hbond substituents is 1. The number of rotatable bonds is 0. The van der Waals surface area contributed by atoms with E-state index in [2.05, 4.69) is 4.98 Å². The molecule has 0 aromatic heterocycles. The highest BCUT2D eigenvalue weighted by Gasteiger charge is 2.17. The van der Waals surface area contributed by atoms with Crippen LogP contribution in [0.25, 0.3) is 22.6 Å². The molecule has 0 bridgehead atoms. The van der Waals surface area contributed by atoms with E-state index < -0.39 is 0 Å². The summed E-state index contributed by atoms with van der Waals surface area (Å²) in [6.45, 7) is 0. The zero-order valence-electron chi connectivity index (χ0n) is 8.78. The number of fused-ring (bicyclic) bond motifs is 2. The highest BCUT2D eigenvalue weighted by atomic mass is 35.5. The fourth-order valence-corrected chi connectivity index (χ4v) is 2.06. The molecule has 2 aliphatic rings. The zero-order chi connectivity index (χ0) is 12.9. The molecular weight excluding hydrogens is 277 g/mol. The van der Waals surface area contributed by atoms with Crippen LogP contribution in [-0.4, -0.2) is 10.1 Å². The lowest BCUT2D eigenvalue weighted by molar-refractivity contribution is 0.474. The Morgan fingerprint density at radius 3 is 2.67 bits per heavy atom. The van der Waals surface area contributed by atoms with Gasteiger partial charge in [0, 0.05) is 0 Å². The van der Waals surface area contributed by atoms with Gasteiger partial charge in [-0.25, -0.2) is 4.98 Å². The lowest BCUT2D eigenvalue weighted by atomic mass is 10.2. The molecule has 6 heteroatoms. The van der Waals surface area contributed by atoms with Gasteiger partial charge < -0.3 is 9.52 Å². The van der Waals surface area contributed by atoms with Gasteiger partial charge in [0.2, 0.25) is 5.43 Å². The van der Waals surface area contributed by atoms with Crippen LogP contribution in [0.5, 0.6) is 5.75 Å². The van der Waals surface area contributed by atoms with Gasteiger partial charge in [0.25, 0.3) is 0 Å². The molecule has 0 amide bonds. The summed E-state index contributed by atoms with van der Waals surface area (Å²) in [6.07, 6.45) is 0. The van der Waals surface area contributed by atoms with Gasteiger partial charge in [-0.2, -0.15) is 0 Å². The molecule has 0 saturated heterocycles. The Morgan fingerprint density at radius 2 is 1.89 bits per heavy atom. The molecule has 0 fully saturated rings. The van der Waals surface area contributed by atoms with E-state index in [-0.39, 0.29) is 32.6 Å². The number of nitrogens with zero attached hydrogens (tertiary/aromatic N) is 1. The first-order chi connectivity index (χ1) is 8.58. The van der Waals surface area contributed by atoms with Crippen LogP contribution < -0.4 is 5.43 Å². The molecule has 0 saturated carbocycles. The smallest absolute Gasteiger partial charge is 0.201 e. The second-order valence-corrected chi connectivity index (χ2v) is 4.44. The van der Waals surface area contributed by atoms with Crippen molar-refractivity contribution in [1.82, 2.24) is 4.98 Å². The monoisotopic (exact) mass is 281 g/mol. The van der Waals surface area contributed by atoms with Crippen LogP contribution in [-0.2, 0) is 0 Å². The largest absolute Gasteiger partial charge is 0.506 e. The highest BCUT2D eigenvalue weighted by molar-refractivity contribution is 6.36. The molecular formula is C12H5Cl2NO3. The van der Waals surface area contributed by atoms with Crippen molar-refractivity contribution in [3.63, 3.8) is 0 Å². The topological polar surface area (TPSA) is 63.3 Å². The van der Waals surface area contributed by atoms with Crippen molar-refractivity contribution in [2.75, 3.05) is 0 Å². The molecule has 90 valence electrons. The maximum atomic E-state index is 11.4. The van der Waals surface area contributed by atoms with E-state index in [1.807, 2.05) is 0 Å². The number of aromatic hydroxyl groups is 1. The van der Waals surface area contributed by atoms with Crippen LogP contribution in [0.2, 0.25) is 10.0 Å². The van der Waals surface area contributed by atoms with Crippen molar-refractivity contribution < 1.29 is 9.52 Å². The van der Waals surface area contributed by atoms with Crippen molar-refractivity contribution in [3.8, 4) is 17.2 Å². The molecule has 3 rings (SSSR count). The standard InChI is InChI=1S/C12H5Cl2NO3/c13-9-7(16)3-1-5-11(9)18-12-6(15-5)2-4-8(17)10(12)14/h1-4,16H. The first-order valence-electron chi connectivity index (χ1n) is 4.98. The Balaban J connectivity index is 2.54. The lowest BCUT2D eigenvalue weighted by Gasteiger charge is -2.08. The van der Waals surface area contributed by atoms with Crippen LogP contribution in [0.1, 0.15) is 0 Å². The number of phenols is 1. The number of halogens is 2. The average molecular weight is 282 g/mol. The van der Waals surface area contributed by atoms with Crippen molar-refractivity contribution >= 4 is 34.3 Å². The molecule has 1 N–H and O–H groups in total. The first kappa shape index (κ1) is 11.3. The molecule has 18 heavy (non-hydrogen) atoms. The first-order valence-corrected chi connectivity index (χ1v) is 5.74. The number of hydrogen-bond acceptors (Lipinski definition) is 4. The molecule has 1 heterocycles. The summed E-state index contributed by atoms with van der Waals surface area (Å²) < 4.78 is 5.48. The zero-order valence-corrected chi connectivity index (χ0v) is 10.3. The summed E-state index contributed by atoms with van der Waals surface area (Å²) in [5.41, 5.74) is 0.760. The van der Waals surface area contributed by atoms with E-state index in [0.717, 1.165) is 0 Å². The van der Waals surface area contributed by atoms with E-state index in [1.54, 1.807) is 6.07 Å². The number of benzene rings is 2. The summed E-state index contributed by atoms with van der Waals surface area (Å²) in [5.74, 6) is 0.0348. The van der Waals surface area contributed by atoms with Crippen molar-refractivity contribution in [1.29, 1.82) is 0 Å². The highest BCUT2D eigenvalue weighted by Crippen LogP contribution is 2.35. The minimum Gasteiger partial charge on any atom is -0.506 e. The van der Waals surface area contributed by atoms with Gasteiger partial charge in [-0.1, -0.05) is 23.2 Å². The van der Waals surface area contributed by atoms with Crippen molar-refractivity contribution in [3.05, 3.63) is 44.5 Å². The third-order valence-corrected chi connectivity index (χ3v) is 3.27. The van der Waals surface area contributed by atoms with E-state index >= 15 is 0 Å². The van der Waals surface area contributed by atoms with Gasteiger partial charge in [0.1, 0.15) is 27.0 Å². The number of aromatic nitrogens is 1. The maximum absolute atomic E-state index is 11.4. The SMILES string of the molecule is O=c1ccc2nc3ccc(O)c(Cl)c3oc-2c1Cl. The number of hydrogen-bond donors (Lipinski definition) is 1. The Morgan fingerprint density at radius 1 is 1.11 bits per heavy atom. The lowest BCUT2D eigenvalue weighted by Crippen LogP contribution is -2.03. The van der Waals surface area contributed by atoms with E-state index in [1.165, 1.54) is 18.2 Å². The second kappa shape index (κ2) is 3.86. The fraction of sp³-hybridized carbons (Fsp3) is 0. The minimum atomic E-state index is -0.356. The van der Waals surface area contributed by atoms with Gasteiger partial charge in [-0.3, -0.25) is 4.79 Å². The molecule has 1 aromatic rings. The van der Waals surface area contributed by atoms with E-state index in [4.69, 9.17) is 27.6 Å². The van der Waals surface area contributed by atoms with Crippen LogP contribution >= 0.6 is 23.2 Å². The predicted molar refractivity (Wildman–Crippen MR) is 68.6 cm³/mol. The summed E-state index contributed by atoms with van der Waals surface area (Å²) >= 11 is 11.8. The van der Waals surface area contributed by atoms with Gasteiger partial charge >= 0.3 is 0 Å². The summed E-state index contributed by atoms with van der Waals surface area (Å²) in [7, 11) is 0. The van der Waals surface area contributed by atoms with E-state index in [9.17, 15) is 9.90 Å². The van der Waals surface area contributed by atoms with Crippen LogP contribution in [0.15, 0.2) is 33.5 Å². The van der Waals surface area contributed by atoms with E-state index in [0.29, 0.717) is 11.2 Å². The summed E-state index contributed by atoms with van der Waals surface area (Å²) in [5, 5.41) is 9.48. The molecule has 1 aliphatic heterocycles. The van der Waals surface area contributed by atoms with Crippen molar-refractivity contribution in [2.24, 2.45) is 0 Å². The molecule has 1 aromatic carbocycles. The normalized spacial score (nSPS) is 11.2. The van der Waals surface area contributed by atoms with Gasteiger partial charge in [-0.15, -0.1) is 0 Å². The fourth-order valence-electron chi connectivity index (χ4n) is 1.67. The molecule has 0 atom stereocenters. The van der Waals surface area contributed by atoms with Crippen LogP contribution in [0.3, 0.4) is 0 Å². The maximum Gasteiger partial charge on any atom is 0.201 e. The second-order valence-electron chi connectivity index (χ2n) is 3.69. The Hall–Kier alpha value is -1.78. The Kier molecular flexibility index (Phi) is 2.43. The third kappa shape index (κ3) is 1.54. The average Bonchev–Trinajstić information content (AvgIpc) is 2.37. The van der Waals surface area contributed by atoms with Gasteiger partial charge in [-0.05, 0) is 24.3 Å². The van der Waals surface area contributed by atoms with Crippen LogP contribution in [0, 0.1) is 0 Å². The predicted octanol–water partition coefficient (Wildman–Crippen LogP) is 3.31. The molecule has 0 radical (unpaired) electrons. The molecule has 0 spiro atoms. The molecule has 4 nitrogen and oxygen atoms in total. The summed E-state index contributed by atoms with van der Waals surface area (Å²) in [4.78, 5) is 15.7. The summed E-state index contributed by atoms with van der Waals surface area (Å²) in [6, 6.07) is 5.83. The van der Waals surface area contributed by atoms with Crippen LogP contribution in [0.4, 0.5) is 0 Å². The Labute approximate surface area is 111 Å². The molecule has 1 aliphatic carbocycles. The minimum absolute atomic E-state index is 0.0364. The van der Waals surface area contributed by atoms with Gasteiger partial charge in [0.05, 0.1) is 0 Å².